The monoisotopic (exact) mass is 299 g/mol. The van der Waals surface area contributed by atoms with Crippen LogP contribution >= 0.6 is 15.9 Å². The molecule has 2 rings (SSSR count). The van der Waals surface area contributed by atoms with E-state index in [1.807, 2.05) is 25.7 Å². The predicted molar refractivity (Wildman–Crippen MR) is 70.8 cm³/mol. The molecule has 0 saturated carbocycles. The van der Waals surface area contributed by atoms with Crippen molar-refractivity contribution in [2.45, 2.75) is 38.4 Å². The minimum Gasteiger partial charge on any atom is -0.466 e. The van der Waals surface area contributed by atoms with Gasteiger partial charge in [-0.3, -0.25) is 4.79 Å². The Labute approximate surface area is 110 Å². The Morgan fingerprint density at radius 3 is 2.59 bits per heavy atom. The average Bonchev–Trinajstić information content (AvgIpc) is 2.52. The summed E-state index contributed by atoms with van der Waals surface area (Å²) in [4.78, 5) is 14.8. The summed E-state index contributed by atoms with van der Waals surface area (Å²) in [6.07, 6.45) is 2.21. The van der Waals surface area contributed by atoms with E-state index < -0.39 is 0 Å². The van der Waals surface area contributed by atoms with Gasteiger partial charge in [0.25, 0.3) is 5.91 Å². The number of nitrogens with zero attached hydrogens (tertiary/aromatic N) is 1. The maximum absolute atomic E-state index is 12.4. The zero-order valence-corrected chi connectivity index (χ0v) is 12.1. The summed E-state index contributed by atoms with van der Waals surface area (Å²) in [7, 11) is 0. The molecule has 1 aliphatic heterocycles. The van der Waals surface area contributed by atoms with Crippen LogP contribution in [0.4, 0.5) is 0 Å². The number of alkyl halides is 1. The SMILES string of the molecule is Cc1oc(C)c(C(=O)N2CCCC(Br)C2)c1C. The smallest absolute Gasteiger partial charge is 0.257 e. The Hall–Kier alpha value is -0.770. The number of likely N-dealkylation sites (tertiary alicyclic amines) is 1. The first-order valence-corrected chi connectivity index (χ1v) is 6.92. The first-order valence-electron chi connectivity index (χ1n) is 6.00. The highest BCUT2D eigenvalue weighted by Crippen LogP contribution is 2.25. The Balaban J connectivity index is 2.24. The molecule has 1 atom stereocenters. The summed E-state index contributed by atoms with van der Waals surface area (Å²) in [6.45, 7) is 7.37. The number of halogens is 1. The van der Waals surface area contributed by atoms with E-state index in [2.05, 4.69) is 15.9 Å². The molecule has 1 aliphatic rings. The van der Waals surface area contributed by atoms with Crippen molar-refractivity contribution >= 4 is 21.8 Å². The summed E-state index contributed by atoms with van der Waals surface area (Å²) in [6, 6.07) is 0. The molecule has 94 valence electrons. The van der Waals surface area contributed by atoms with Crippen LogP contribution in [0.25, 0.3) is 0 Å². The molecule has 1 saturated heterocycles. The van der Waals surface area contributed by atoms with Gasteiger partial charge in [0.15, 0.2) is 0 Å². The lowest BCUT2D eigenvalue weighted by Crippen LogP contribution is -2.40. The number of rotatable bonds is 1. The third-order valence-corrected chi connectivity index (χ3v) is 4.17. The Morgan fingerprint density at radius 1 is 1.35 bits per heavy atom. The fourth-order valence-electron chi connectivity index (χ4n) is 2.38. The lowest BCUT2D eigenvalue weighted by atomic mass is 10.1. The van der Waals surface area contributed by atoms with Gasteiger partial charge in [-0.05, 0) is 33.6 Å². The summed E-state index contributed by atoms with van der Waals surface area (Å²) >= 11 is 3.59. The van der Waals surface area contributed by atoms with Crippen LogP contribution in [0.15, 0.2) is 4.42 Å². The van der Waals surface area contributed by atoms with Gasteiger partial charge in [-0.25, -0.2) is 0 Å². The summed E-state index contributed by atoms with van der Waals surface area (Å²) in [5.41, 5.74) is 1.73. The van der Waals surface area contributed by atoms with Crippen molar-refractivity contribution in [3.05, 3.63) is 22.6 Å². The molecule has 1 amide bonds. The van der Waals surface area contributed by atoms with Crippen molar-refractivity contribution in [1.29, 1.82) is 0 Å². The molecular weight excluding hydrogens is 282 g/mol. The topological polar surface area (TPSA) is 33.5 Å². The highest BCUT2D eigenvalue weighted by molar-refractivity contribution is 9.09. The van der Waals surface area contributed by atoms with Crippen LogP contribution in [-0.2, 0) is 0 Å². The molecule has 1 aromatic heterocycles. The average molecular weight is 300 g/mol. The second-order valence-corrected chi connectivity index (χ2v) is 6.00. The lowest BCUT2D eigenvalue weighted by Gasteiger charge is -2.30. The van der Waals surface area contributed by atoms with E-state index in [4.69, 9.17) is 4.42 Å². The van der Waals surface area contributed by atoms with Crippen molar-refractivity contribution in [3.8, 4) is 0 Å². The van der Waals surface area contributed by atoms with Crippen LogP contribution in [0.3, 0.4) is 0 Å². The van der Waals surface area contributed by atoms with Crippen LogP contribution in [0.2, 0.25) is 0 Å². The van der Waals surface area contributed by atoms with Crippen molar-refractivity contribution in [1.82, 2.24) is 4.90 Å². The Bertz CT molecular complexity index is 439. The van der Waals surface area contributed by atoms with Crippen LogP contribution in [0.1, 0.15) is 40.3 Å². The van der Waals surface area contributed by atoms with Gasteiger partial charge in [-0.1, -0.05) is 15.9 Å². The second-order valence-electron chi connectivity index (χ2n) is 4.71. The highest BCUT2D eigenvalue weighted by Gasteiger charge is 2.27. The molecular formula is C13H18BrNO2. The van der Waals surface area contributed by atoms with Crippen molar-refractivity contribution in [3.63, 3.8) is 0 Å². The maximum Gasteiger partial charge on any atom is 0.257 e. The van der Waals surface area contributed by atoms with Crippen LogP contribution in [0.5, 0.6) is 0 Å². The van der Waals surface area contributed by atoms with E-state index in [0.29, 0.717) is 4.83 Å². The number of furan rings is 1. The van der Waals surface area contributed by atoms with E-state index in [-0.39, 0.29) is 5.91 Å². The van der Waals surface area contributed by atoms with Gasteiger partial charge in [0, 0.05) is 23.5 Å². The predicted octanol–water partition coefficient (Wildman–Crippen LogP) is 3.20. The van der Waals surface area contributed by atoms with Crippen molar-refractivity contribution < 1.29 is 9.21 Å². The second kappa shape index (κ2) is 4.84. The van der Waals surface area contributed by atoms with E-state index in [0.717, 1.165) is 48.6 Å². The van der Waals surface area contributed by atoms with Crippen LogP contribution in [0, 0.1) is 20.8 Å². The fraction of sp³-hybridized carbons (Fsp3) is 0.615. The zero-order valence-electron chi connectivity index (χ0n) is 10.5. The van der Waals surface area contributed by atoms with Crippen molar-refractivity contribution in [2.75, 3.05) is 13.1 Å². The fourth-order valence-corrected chi connectivity index (χ4v) is 3.05. The van der Waals surface area contributed by atoms with Gasteiger partial charge in [-0.2, -0.15) is 0 Å². The van der Waals surface area contributed by atoms with Gasteiger partial charge in [0.1, 0.15) is 11.5 Å². The van der Waals surface area contributed by atoms with Gasteiger partial charge >= 0.3 is 0 Å². The number of amides is 1. The van der Waals surface area contributed by atoms with E-state index in [1.54, 1.807) is 0 Å². The number of hydrogen-bond donors (Lipinski definition) is 0. The maximum atomic E-state index is 12.4. The van der Waals surface area contributed by atoms with Gasteiger partial charge in [0.05, 0.1) is 5.56 Å². The van der Waals surface area contributed by atoms with Crippen LogP contribution in [-0.4, -0.2) is 28.7 Å². The van der Waals surface area contributed by atoms with Crippen molar-refractivity contribution in [2.24, 2.45) is 0 Å². The van der Waals surface area contributed by atoms with E-state index >= 15 is 0 Å². The number of piperidine rings is 1. The lowest BCUT2D eigenvalue weighted by molar-refractivity contribution is 0.0727. The highest BCUT2D eigenvalue weighted by atomic mass is 79.9. The largest absolute Gasteiger partial charge is 0.466 e. The molecule has 3 nitrogen and oxygen atoms in total. The molecule has 1 fully saturated rings. The van der Waals surface area contributed by atoms with Gasteiger partial charge < -0.3 is 9.32 Å². The molecule has 1 aromatic rings. The number of hydrogen-bond acceptors (Lipinski definition) is 2. The summed E-state index contributed by atoms with van der Waals surface area (Å²) in [5.74, 6) is 1.70. The van der Waals surface area contributed by atoms with Gasteiger partial charge in [-0.15, -0.1) is 0 Å². The molecule has 0 spiro atoms. The summed E-state index contributed by atoms with van der Waals surface area (Å²) < 4.78 is 5.52. The molecule has 4 heteroatoms. The molecule has 2 heterocycles. The third kappa shape index (κ3) is 2.41. The number of aryl methyl sites for hydroxylation is 2. The Morgan fingerprint density at radius 2 is 2.06 bits per heavy atom. The first-order chi connectivity index (χ1) is 8.00. The molecule has 0 radical (unpaired) electrons. The normalized spacial score (nSPS) is 20.7. The van der Waals surface area contributed by atoms with E-state index in [9.17, 15) is 4.79 Å². The Kier molecular flexibility index (Phi) is 3.61. The molecule has 0 N–H and O–H groups in total. The molecule has 0 aromatic carbocycles. The first kappa shape index (κ1) is 12.7. The third-order valence-electron chi connectivity index (χ3n) is 3.43. The molecule has 1 unspecified atom stereocenters. The van der Waals surface area contributed by atoms with E-state index in [1.165, 1.54) is 0 Å². The van der Waals surface area contributed by atoms with Gasteiger partial charge in [0.2, 0.25) is 0 Å². The number of carbonyl (C=O) groups is 1. The minimum absolute atomic E-state index is 0.112. The quantitative estimate of drug-likeness (QED) is 0.746. The minimum atomic E-state index is 0.112. The summed E-state index contributed by atoms with van der Waals surface area (Å²) in [5, 5.41) is 0. The number of carbonyl (C=O) groups excluding carboxylic acids is 1. The molecule has 17 heavy (non-hydrogen) atoms. The zero-order chi connectivity index (χ0) is 12.6. The molecule has 0 bridgehead atoms. The standard InChI is InChI=1S/C13H18BrNO2/c1-8-9(2)17-10(3)12(8)13(16)15-6-4-5-11(14)7-15/h11H,4-7H2,1-3H3. The molecule has 0 aliphatic carbocycles. The van der Waals surface area contributed by atoms with Crippen LogP contribution < -0.4 is 0 Å².